The largest absolute Gasteiger partial charge is 0.278 e. The Morgan fingerprint density at radius 3 is 1.85 bits per heavy atom. The Bertz CT molecular complexity index is 2070. The fourth-order valence-electron chi connectivity index (χ4n) is 6.34. The van der Waals surface area contributed by atoms with Crippen LogP contribution in [-0.2, 0) is 5.41 Å². The van der Waals surface area contributed by atoms with Crippen molar-refractivity contribution in [2.45, 2.75) is 19.3 Å². The fraction of sp³-hybridized carbons (Fsp3) is 0.0833. The van der Waals surface area contributed by atoms with E-state index in [1.807, 2.05) is 66.7 Å². The van der Waals surface area contributed by atoms with Crippen molar-refractivity contribution < 1.29 is 0 Å². The van der Waals surface area contributed by atoms with Gasteiger partial charge in [0.05, 0.1) is 11.0 Å². The van der Waals surface area contributed by atoms with Crippen molar-refractivity contribution in [1.29, 1.82) is 0 Å². The van der Waals surface area contributed by atoms with Gasteiger partial charge in [0.2, 0.25) is 5.95 Å². The first kappa shape index (κ1) is 23.8. The van der Waals surface area contributed by atoms with Gasteiger partial charge in [-0.25, -0.2) is 4.98 Å². The molecule has 2 heterocycles. The van der Waals surface area contributed by atoms with Gasteiger partial charge >= 0.3 is 0 Å². The van der Waals surface area contributed by atoms with E-state index in [4.69, 9.17) is 22.8 Å². The lowest BCUT2D eigenvalue weighted by molar-refractivity contribution is 0.661. The summed E-state index contributed by atoms with van der Waals surface area (Å²) in [4.78, 5) is 15.1. The zero-order valence-electron chi connectivity index (χ0n) is 22.8. The van der Waals surface area contributed by atoms with Crippen molar-refractivity contribution >= 4 is 35.1 Å². The smallest absolute Gasteiger partial charge is 0.238 e. The molecule has 0 aliphatic heterocycles. The summed E-state index contributed by atoms with van der Waals surface area (Å²) < 4.78 is 2.17. The van der Waals surface area contributed by atoms with E-state index < -0.39 is 0 Å². The molecule has 2 aromatic heterocycles. The monoisotopic (exact) mass is 524 g/mol. The Morgan fingerprint density at radius 1 is 0.561 bits per heavy atom. The molecule has 192 valence electrons. The molecule has 1 aliphatic rings. The minimum Gasteiger partial charge on any atom is -0.278 e. The molecule has 4 nitrogen and oxygen atoms in total. The van der Waals surface area contributed by atoms with Crippen LogP contribution in [0, 0.1) is 0 Å². The minimum absolute atomic E-state index is 0.135. The molecule has 5 heteroatoms. The molecular formula is C36H25BN4. The average Bonchev–Trinajstić information content (AvgIpc) is 3.45. The molecule has 0 bridgehead atoms. The van der Waals surface area contributed by atoms with Crippen LogP contribution in [0.3, 0.4) is 0 Å². The molecule has 41 heavy (non-hydrogen) atoms. The standard InChI is InChI=1S/C36H25BN4/c1-36(2)29-16-10-9-15-25(29)26-20-28-27-19-24(37)17-18-31(27)41(32(28)21-30(26)36)35-39-33(22-11-5-3-6-12-22)38-34(40-35)23-13-7-4-8-14-23/h3-21H,1-2H3. The van der Waals surface area contributed by atoms with Crippen molar-refractivity contribution in [3.8, 4) is 39.9 Å². The fourth-order valence-corrected chi connectivity index (χ4v) is 6.34. The lowest BCUT2D eigenvalue weighted by atomic mass is 9.82. The zero-order chi connectivity index (χ0) is 27.7. The number of hydrogen-bond donors (Lipinski definition) is 0. The third-order valence-electron chi connectivity index (χ3n) is 8.38. The van der Waals surface area contributed by atoms with Crippen LogP contribution in [0.2, 0.25) is 0 Å². The molecule has 0 fully saturated rings. The van der Waals surface area contributed by atoms with E-state index >= 15 is 0 Å². The van der Waals surface area contributed by atoms with E-state index in [0.29, 0.717) is 17.6 Å². The molecule has 0 saturated heterocycles. The van der Waals surface area contributed by atoms with Crippen LogP contribution in [0.1, 0.15) is 25.0 Å². The number of rotatable bonds is 3. The van der Waals surface area contributed by atoms with Crippen molar-refractivity contribution in [3.05, 3.63) is 126 Å². The van der Waals surface area contributed by atoms with Crippen molar-refractivity contribution in [3.63, 3.8) is 0 Å². The summed E-state index contributed by atoms with van der Waals surface area (Å²) in [5.41, 5.74) is 9.73. The second kappa shape index (κ2) is 8.74. The van der Waals surface area contributed by atoms with E-state index in [2.05, 4.69) is 66.9 Å². The maximum Gasteiger partial charge on any atom is 0.238 e. The van der Waals surface area contributed by atoms with E-state index in [1.54, 1.807) is 0 Å². The van der Waals surface area contributed by atoms with Gasteiger partial charge in [-0.05, 0) is 40.5 Å². The molecule has 0 atom stereocenters. The van der Waals surface area contributed by atoms with Gasteiger partial charge < -0.3 is 0 Å². The van der Waals surface area contributed by atoms with Crippen LogP contribution in [0.15, 0.2) is 115 Å². The quantitative estimate of drug-likeness (QED) is 0.226. The molecule has 7 aromatic rings. The van der Waals surface area contributed by atoms with Crippen LogP contribution < -0.4 is 5.46 Å². The average molecular weight is 524 g/mol. The third-order valence-corrected chi connectivity index (χ3v) is 8.38. The van der Waals surface area contributed by atoms with Gasteiger partial charge in [-0.15, -0.1) is 0 Å². The predicted molar refractivity (Wildman–Crippen MR) is 168 cm³/mol. The highest BCUT2D eigenvalue weighted by Gasteiger charge is 2.36. The van der Waals surface area contributed by atoms with Gasteiger partial charge in [0.1, 0.15) is 7.85 Å². The number of hydrogen-bond acceptors (Lipinski definition) is 3. The molecule has 0 spiro atoms. The van der Waals surface area contributed by atoms with E-state index in [0.717, 1.165) is 38.4 Å². The van der Waals surface area contributed by atoms with Gasteiger partial charge in [0.25, 0.3) is 0 Å². The first-order chi connectivity index (χ1) is 20.0. The SMILES string of the molecule is [B]c1ccc2c(c1)c1cc3c(cc1n2-c1nc(-c2ccccc2)nc(-c2ccccc2)n1)C(C)(C)c1ccccc1-3. The Kier molecular flexibility index (Phi) is 5.08. The Labute approximate surface area is 239 Å². The number of aromatic nitrogens is 4. The normalized spacial score (nSPS) is 13.4. The Hall–Kier alpha value is -5.03. The summed E-state index contributed by atoms with van der Waals surface area (Å²) in [6.45, 7) is 4.61. The summed E-state index contributed by atoms with van der Waals surface area (Å²) in [6.07, 6.45) is 0. The molecule has 1 aliphatic carbocycles. The summed E-state index contributed by atoms with van der Waals surface area (Å²) >= 11 is 0. The molecule has 0 amide bonds. The van der Waals surface area contributed by atoms with Gasteiger partial charge in [0, 0.05) is 27.3 Å². The summed E-state index contributed by atoms with van der Waals surface area (Å²) in [7, 11) is 6.35. The summed E-state index contributed by atoms with van der Waals surface area (Å²) in [6, 6.07) is 39.6. The third kappa shape index (κ3) is 3.59. The summed E-state index contributed by atoms with van der Waals surface area (Å²) in [5.74, 6) is 1.85. The van der Waals surface area contributed by atoms with E-state index in [-0.39, 0.29) is 5.41 Å². The van der Waals surface area contributed by atoms with Crippen LogP contribution in [-0.4, -0.2) is 27.4 Å². The second-order valence-corrected chi connectivity index (χ2v) is 11.2. The van der Waals surface area contributed by atoms with Crippen LogP contribution in [0.4, 0.5) is 0 Å². The zero-order valence-corrected chi connectivity index (χ0v) is 22.8. The second-order valence-electron chi connectivity index (χ2n) is 11.2. The van der Waals surface area contributed by atoms with Gasteiger partial charge in [-0.1, -0.05) is 116 Å². The first-order valence-corrected chi connectivity index (χ1v) is 13.8. The Morgan fingerprint density at radius 2 is 1.17 bits per heavy atom. The van der Waals surface area contributed by atoms with Crippen molar-refractivity contribution in [2.24, 2.45) is 0 Å². The molecular weight excluding hydrogens is 499 g/mol. The van der Waals surface area contributed by atoms with Crippen molar-refractivity contribution in [2.75, 3.05) is 0 Å². The lowest BCUT2D eigenvalue weighted by Crippen LogP contribution is -2.15. The van der Waals surface area contributed by atoms with Crippen LogP contribution in [0.25, 0.3) is 61.7 Å². The van der Waals surface area contributed by atoms with E-state index in [9.17, 15) is 0 Å². The number of fused-ring (bicyclic) bond motifs is 6. The molecule has 5 aromatic carbocycles. The number of nitrogens with zero attached hydrogens (tertiary/aromatic N) is 4. The molecule has 8 rings (SSSR count). The maximum atomic E-state index is 6.35. The highest BCUT2D eigenvalue weighted by molar-refractivity contribution is 6.34. The minimum atomic E-state index is -0.135. The number of benzene rings is 5. The molecule has 0 saturated carbocycles. The predicted octanol–water partition coefficient (Wildman–Crippen LogP) is 7.40. The highest BCUT2D eigenvalue weighted by atomic mass is 15.2. The van der Waals surface area contributed by atoms with Gasteiger partial charge in [-0.3, -0.25) is 4.57 Å². The Balaban J connectivity index is 1.47. The highest BCUT2D eigenvalue weighted by Crippen LogP contribution is 2.50. The first-order valence-electron chi connectivity index (χ1n) is 13.8. The summed E-state index contributed by atoms with van der Waals surface area (Å²) in [5, 5.41) is 2.20. The molecule has 0 unspecified atom stereocenters. The topological polar surface area (TPSA) is 43.6 Å². The van der Waals surface area contributed by atoms with Gasteiger partial charge in [0.15, 0.2) is 11.6 Å². The molecule has 0 N–H and O–H groups in total. The maximum absolute atomic E-state index is 6.35. The molecule has 2 radical (unpaired) electrons. The van der Waals surface area contributed by atoms with Crippen LogP contribution in [0.5, 0.6) is 0 Å². The van der Waals surface area contributed by atoms with Gasteiger partial charge in [-0.2, -0.15) is 9.97 Å². The van der Waals surface area contributed by atoms with Crippen molar-refractivity contribution in [1.82, 2.24) is 19.5 Å². The van der Waals surface area contributed by atoms with Crippen LogP contribution >= 0.6 is 0 Å². The van der Waals surface area contributed by atoms with E-state index in [1.165, 1.54) is 22.3 Å². The lowest BCUT2D eigenvalue weighted by Gasteiger charge is -2.21.